The molecule has 0 saturated carbocycles. The number of unbranched alkanes of at least 4 members (excludes halogenated alkanes) is 15. The molecule has 12 unspecified atom stereocenters. The van der Waals surface area contributed by atoms with Crippen molar-refractivity contribution in [3.05, 3.63) is 134 Å². The third kappa shape index (κ3) is 36.1. The van der Waals surface area contributed by atoms with Crippen LogP contribution in [0.3, 0.4) is 0 Å². The van der Waals surface area contributed by atoms with Crippen molar-refractivity contribution in [1.82, 2.24) is 5.32 Å². The van der Waals surface area contributed by atoms with Gasteiger partial charge in [0.2, 0.25) is 5.91 Å². The lowest BCUT2D eigenvalue weighted by Gasteiger charge is -2.46. The molecule has 0 spiro atoms. The highest BCUT2D eigenvalue weighted by Crippen LogP contribution is 2.30. The highest BCUT2D eigenvalue weighted by atomic mass is 16.7. The van der Waals surface area contributed by atoms with E-state index in [1.807, 2.05) is 6.08 Å². The lowest BCUT2D eigenvalue weighted by Crippen LogP contribution is -2.65. The smallest absolute Gasteiger partial charge is 0.220 e. The molecule has 1 amide bonds. The number of rotatable bonds is 48. The fourth-order valence-corrected chi connectivity index (χ4v) is 9.32. The van der Waals surface area contributed by atoms with E-state index in [1.165, 1.54) is 38.5 Å². The number of carbonyl (C=O) groups is 1. The van der Waals surface area contributed by atoms with Gasteiger partial charge in [0.1, 0.15) is 48.8 Å². The SMILES string of the molecule is CC/C=C\C/C=C\C/C=C\C/C=C\C/C=C\C/C=C\C/C=C\C/C=C\C/C=C\C/C=C\CCCCCCCCC(=O)NC(COC1OC(CO)C(OC2OC(CO)C(O)C(O)C2O)C(O)C1O)C(O)/C=C/CCCCCCCCCCC. The molecule has 2 fully saturated rings. The molecule has 0 aromatic rings. The van der Waals surface area contributed by atoms with Crippen molar-refractivity contribution in [1.29, 1.82) is 0 Å². The van der Waals surface area contributed by atoms with Crippen molar-refractivity contribution >= 4 is 5.91 Å². The highest BCUT2D eigenvalue weighted by Gasteiger charge is 2.51. The van der Waals surface area contributed by atoms with Gasteiger partial charge >= 0.3 is 0 Å². The second-order valence-electron chi connectivity index (χ2n) is 21.5. The Labute approximate surface area is 494 Å². The number of carbonyl (C=O) groups excluding carboxylic acids is 1. The zero-order valence-electron chi connectivity index (χ0n) is 50.2. The minimum atomic E-state index is -1.80. The summed E-state index contributed by atoms with van der Waals surface area (Å²) < 4.78 is 22.7. The lowest BCUT2D eigenvalue weighted by molar-refractivity contribution is -0.359. The van der Waals surface area contributed by atoms with Crippen molar-refractivity contribution in [2.45, 2.75) is 267 Å². The fourth-order valence-electron chi connectivity index (χ4n) is 9.32. The van der Waals surface area contributed by atoms with Crippen LogP contribution in [-0.2, 0) is 23.7 Å². The molecule has 14 nitrogen and oxygen atoms in total. The Bertz CT molecular complexity index is 1880. The average Bonchev–Trinajstić information content (AvgIpc) is 3.22. The van der Waals surface area contributed by atoms with Gasteiger partial charge in [-0.1, -0.05) is 225 Å². The lowest BCUT2D eigenvalue weighted by atomic mass is 9.97. The molecular formula is C68H111NO13. The van der Waals surface area contributed by atoms with Crippen LogP contribution >= 0.6 is 0 Å². The molecule has 2 rings (SSSR count). The summed E-state index contributed by atoms with van der Waals surface area (Å²) in [4.78, 5) is 13.2. The average molecular weight is 1150 g/mol. The van der Waals surface area contributed by atoms with Crippen LogP contribution in [0.2, 0.25) is 0 Å². The molecule has 0 radical (unpaired) electrons. The standard InChI is InChI=1S/C68H111NO13/c1-3-5-7-9-11-13-15-16-17-18-19-20-21-22-23-24-25-26-27-28-29-30-31-32-33-34-35-36-37-38-39-40-42-44-46-48-50-52-60(73)69-56(57(72)51-49-47-45-43-41-14-12-10-8-6-4-2)55-79-67-65(78)63(76)66(59(54-71)81-67)82-68-64(77)62(75)61(74)58(53-70)80-68/h5,7,11,13,16-17,19-20,22-23,25-26,28-29,31-32,34-35,37-38,49,51,56-59,61-68,70-72,74-78H,3-4,6,8-10,12,14-15,18,21,24,27,30,33,36,39-48,50,52-55H2,1-2H3,(H,69,73)/b7-5-,13-11-,17-16-,20-19-,23-22-,26-25-,29-28-,32-31-,35-34-,38-37-,51-49+. The maximum Gasteiger partial charge on any atom is 0.220 e. The Morgan fingerprint density at radius 3 is 1.29 bits per heavy atom. The molecule has 2 saturated heterocycles. The largest absolute Gasteiger partial charge is 0.394 e. The third-order valence-corrected chi connectivity index (χ3v) is 14.3. The zero-order valence-corrected chi connectivity index (χ0v) is 50.2. The van der Waals surface area contributed by atoms with Crippen LogP contribution in [0.25, 0.3) is 0 Å². The van der Waals surface area contributed by atoms with Gasteiger partial charge in [0.25, 0.3) is 0 Å². The molecule has 12 atom stereocenters. The van der Waals surface area contributed by atoms with E-state index in [-0.39, 0.29) is 18.9 Å². The van der Waals surface area contributed by atoms with Crippen molar-refractivity contribution in [3.63, 3.8) is 0 Å². The second kappa shape index (κ2) is 51.5. The van der Waals surface area contributed by atoms with Gasteiger partial charge in [0.05, 0.1) is 32.0 Å². The number of hydrogen-bond donors (Lipinski definition) is 9. The van der Waals surface area contributed by atoms with E-state index in [1.54, 1.807) is 6.08 Å². The minimum Gasteiger partial charge on any atom is -0.394 e. The normalized spacial score (nSPS) is 24.9. The van der Waals surface area contributed by atoms with Crippen LogP contribution < -0.4 is 5.32 Å². The number of nitrogens with one attached hydrogen (secondary N) is 1. The molecule has 2 aliphatic heterocycles. The van der Waals surface area contributed by atoms with Crippen LogP contribution in [0.5, 0.6) is 0 Å². The van der Waals surface area contributed by atoms with Gasteiger partial charge in [0, 0.05) is 6.42 Å². The molecule has 2 aliphatic rings. The summed E-state index contributed by atoms with van der Waals surface area (Å²) in [6.07, 6.45) is 59.3. The van der Waals surface area contributed by atoms with Gasteiger partial charge in [-0.15, -0.1) is 0 Å². The minimum absolute atomic E-state index is 0.255. The Balaban J connectivity index is 1.65. The second-order valence-corrected chi connectivity index (χ2v) is 21.5. The van der Waals surface area contributed by atoms with Crippen molar-refractivity contribution < 1.29 is 64.6 Å². The first kappa shape index (κ1) is 74.2. The number of hydrogen-bond acceptors (Lipinski definition) is 13. The molecule has 0 aromatic heterocycles. The van der Waals surface area contributed by atoms with Gasteiger partial charge in [-0.3, -0.25) is 4.79 Å². The number of amides is 1. The van der Waals surface area contributed by atoms with Gasteiger partial charge in [-0.2, -0.15) is 0 Å². The maximum atomic E-state index is 13.2. The Hall–Kier alpha value is -3.87. The molecule has 9 N–H and O–H groups in total. The first-order valence-corrected chi connectivity index (χ1v) is 31.4. The van der Waals surface area contributed by atoms with Crippen LogP contribution in [0.15, 0.2) is 134 Å². The predicted octanol–water partition coefficient (Wildman–Crippen LogP) is 11.6. The maximum absolute atomic E-state index is 13.2. The van der Waals surface area contributed by atoms with Crippen molar-refractivity contribution in [2.75, 3.05) is 19.8 Å². The first-order valence-electron chi connectivity index (χ1n) is 31.4. The summed E-state index contributed by atoms with van der Waals surface area (Å²) >= 11 is 0. The van der Waals surface area contributed by atoms with Crippen LogP contribution in [0.4, 0.5) is 0 Å². The van der Waals surface area contributed by atoms with Crippen LogP contribution in [0, 0.1) is 0 Å². The van der Waals surface area contributed by atoms with Gasteiger partial charge in [-0.05, 0) is 96.3 Å². The molecule has 0 aliphatic carbocycles. The van der Waals surface area contributed by atoms with Gasteiger partial charge in [0.15, 0.2) is 12.6 Å². The Morgan fingerprint density at radius 1 is 0.451 bits per heavy atom. The molecule has 14 heteroatoms. The van der Waals surface area contributed by atoms with Crippen LogP contribution in [0.1, 0.15) is 194 Å². The summed E-state index contributed by atoms with van der Waals surface area (Å²) in [5.41, 5.74) is 0. The number of ether oxygens (including phenoxy) is 4. The van der Waals surface area contributed by atoms with Crippen molar-refractivity contribution in [2.24, 2.45) is 0 Å². The molecular weight excluding hydrogens is 1040 g/mol. The molecule has 2 heterocycles. The summed E-state index contributed by atoms with van der Waals surface area (Å²) in [6, 6.07) is -0.931. The van der Waals surface area contributed by atoms with E-state index in [2.05, 4.69) is 141 Å². The van der Waals surface area contributed by atoms with E-state index in [9.17, 15) is 45.6 Å². The monoisotopic (exact) mass is 1150 g/mol. The van der Waals surface area contributed by atoms with E-state index < -0.39 is 86.8 Å². The van der Waals surface area contributed by atoms with E-state index in [0.717, 1.165) is 128 Å². The number of aliphatic hydroxyl groups is 8. The molecule has 0 aromatic carbocycles. The number of aliphatic hydroxyl groups excluding tert-OH is 8. The van der Waals surface area contributed by atoms with E-state index in [0.29, 0.717) is 6.42 Å². The molecule has 466 valence electrons. The summed E-state index contributed by atoms with van der Waals surface area (Å²) in [6.45, 7) is 2.63. The Morgan fingerprint density at radius 2 is 0.841 bits per heavy atom. The summed E-state index contributed by atoms with van der Waals surface area (Å²) in [7, 11) is 0. The molecule has 0 bridgehead atoms. The highest BCUT2D eigenvalue weighted by molar-refractivity contribution is 5.76. The first-order chi connectivity index (χ1) is 40.1. The Kier molecular flexibility index (Phi) is 46.7. The van der Waals surface area contributed by atoms with Gasteiger partial charge < -0.3 is 65.1 Å². The zero-order chi connectivity index (χ0) is 59.5. The van der Waals surface area contributed by atoms with E-state index in [4.69, 9.17) is 18.9 Å². The van der Waals surface area contributed by atoms with Gasteiger partial charge in [-0.25, -0.2) is 0 Å². The summed E-state index contributed by atoms with van der Waals surface area (Å²) in [5, 5.41) is 86.9. The van der Waals surface area contributed by atoms with E-state index >= 15 is 0 Å². The topological polar surface area (TPSA) is 228 Å². The quantitative estimate of drug-likeness (QED) is 0.0204. The fraction of sp³-hybridized carbons (Fsp3) is 0.662. The number of allylic oxidation sites excluding steroid dienone is 21. The predicted molar refractivity (Wildman–Crippen MR) is 331 cm³/mol. The van der Waals surface area contributed by atoms with Crippen LogP contribution in [-0.4, -0.2) is 140 Å². The van der Waals surface area contributed by atoms with Crippen molar-refractivity contribution in [3.8, 4) is 0 Å². The summed E-state index contributed by atoms with van der Waals surface area (Å²) in [5.74, 6) is -0.262. The third-order valence-electron chi connectivity index (χ3n) is 14.3. The molecule has 82 heavy (non-hydrogen) atoms.